The van der Waals surface area contributed by atoms with Gasteiger partial charge in [0.25, 0.3) is 0 Å². The molecule has 0 spiro atoms. The molecule has 0 aromatic heterocycles. The Hall–Kier alpha value is -1.20. The van der Waals surface area contributed by atoms with Crippen LogP contribution in [0.15, 0.2) is 12.1 Å². The summed E-state index contributed by atoms with van der Waals surface area (Å²) in [7, 11) is 1.38. The Morgan fingerprint density at radius 1 is 1.35 bits per heavy atom. The normalized spacial score (nSPS) is 20.4. The lowest BCUT2D eigenvalue weighted by Gasteiger charge is -2.25. The van der Waals surface area contributed by atoms with Crippen molar-refractivity contribution in [1.29, 1.82) is 0 Å². The molecule has 1 aromatic rings. The molecule has 1 aromatic carbocycles. The van der Waals surface area contributed by atoms with Crippen LogP contribution >= 0.6 is 0 Å². The summed E-state index contributed by atoms with van der Waals surface area (Å²) in [6.45, 7) is 5.15. The summed E-state index contributed by atoms with van der Waals surface area (Å²) < 4.78 is 32.6. The molecule has 1 saturated heterocycles. The van der Waals surface area contributed by atoms with Crippen LogP contribution in [0.3, 0.4) is 0 Å². The van der Waals surface area contributed by atoms with Gasteiger partial charge in [0, 0.05) is 36.7 Å². The van der Waals surface area contributed by atoms with E-state index in [-0.39, 0.29) is 23.8 Å². The highest BCUT2D eigenvalue weighted by molar-refractivity contribution is 5.30. The smallest absolute Gasteiger partial charge is 0.134 e. The maximum atomic E-state index is 13.9. The predicted molar refractivity (Wildman–Crippen MR) is 72.6 cm³/mol. The van der Waals surface area contributed by atoms with Crippen molar-refractivity contribution < 1.29 is 18.6 Å². The van der Waals surface area contributed by atoms with E-state index in [4.69, 9.17) is 4.74 Å². The molecule has 0 amide bonds. The van der Waals surface area contributed by atoms with Crippen LogP contribution in [-0.2, 0) is 6.54 Å². The Kier molecular flexibility index (Phi) is 4.30. The van der Waals surface area contributed by atoms with Gasteiger partial charge in [0.1, 0.15) is 17.4 Å². The number of nitrogens with zero attached hydrogens (tertiary/aromatic N) is 1. The molecule has 0 aliphatic carbocycles. The van der Waals surface area contributed by atoms with Gasteiger partial charge >= 0.3 is 0 Å². The summed E-state index contributed by atoms with van der Waals surface area (Å²) in [6.07, 6.45) is 0.836. The topological polar surface area (TPSA) is 32.7 Å². The van der Waals surface area contributed by atoms with Crippen molar-refractivity contribution in [2.45, 2.75) is 32.4 Å². The lowest BCUT2D eigenvalue weighted by molar-refractivity contribution is 0.0207. The number of ether oxygens (including phenoxy) is 1. The van der Waals surface area contributed by atoms with Crippen LogP contribution in [0.5, 0.6) is 5.75 Å². The van der Waals surface area contributed by atoms with Crippen molar-refractivity contribution in [3.05, 3.63) is 29.3 Å². The summed E-state index contributed by atoms with van der Waals surface area (Å²) >= 11 is 0. The second-order valence-electron chi connectivity index (χ2n) is 5.94. The molecule has 0 unspecified atom stereocenters. The molecule has 1 atom stereocenters. The average Bonchev–Trinajstić information content (AvgIpc) is 2.82. The first-order valence-electron chi connectivity index (χ1n) is 6.78. The van der Waals surface area contributed by atoms with Crippen LogP contribution in [0.4, 0.5) is 8.78 Å². The van der Waals surface area contributed by atoms with Crippen LogP contribution in [0.1, 0.15) is 25.8 Å². The van der Waals surface area contributed by atoms with Crippen molar-refractivity contribution in [3.63, 3.8) is 0 Å². The first-order valence-corrected chi connectivity index (χ1v) is 6.78. The number of methoxy groups -OCH3 is 1. The lowest BCUT2D eigenvalue weighted by Crippen LogP contribution is -2.33. The molecule has 20 heavy (non-hydrogen) atoms. The van der Waals surface area contributed by atoms with E-state index >= 15 is 0 Å². The SMILES string of the molecule is COc1cc(F)c(CN2CC[C@H](C(C)(C)O)C2)c(F)c1. The largest absolute Gasteiger partial charge is 0.497 e. The molecule has 1 heterocycles. The van der Waals surface area contributed by atoms with Crippen molar-refractivity contribution in [2.24, 2.45) is 5.92 Å². The molecule has 3 nitrogen and oxygen atoms in total. The summed E-state index contributed by atoms with van der Waals surface area (Å²) in [5.74, 6) is -0.867. The number of halogens is 2. The fourth-order valence-electron chi connectivity index (χ4n) is 2.63. The Bertz CT molecular complexity index is 462. The standard InChI is InChI=1S/C15H21F2NO2/c1-15(2,19)10-4-5-18(8-10)9-12-13(16)6-11(20-3)7-14(12)17/h6-7,10,19H,4-5,8-9H2,1-3H3/t10-/m0/s1. The average molecular weight is 285 g/mol. The fourth-order valence-corrected chi connectivity index (χ4v) is 2.63. The van der Waals surface area contributed by atoms with E-state index in [1.54, 1.807) is 13.8 Å². The fraction of sp³-hybridized carbons (Fsp3) is 0.600. The minimum Gasteiger partial charge on any atom is -0.497 e. The highest BCUT2D eigenvalue weighted by Gasteiger charge is 2.33. The van der Waals surface area contributed by atoms with E-state index in [2.05, 4.69) is 0 Å². The Balaban J connectivity index is 2.09. The molecular formula is C15H21F2NO2. The van der Waals surface area contributed by atoms with Crippen LogP contribution < -0.4 is 4.74 Å². The molecule has 112 valence electrons. The minimum absolute atomic E-state index is 0.0576. The molecule has 5 heteroatoms. The van der Waals surface area contributed by atoms with E-state index in [9.17, 15) is 13.9 Å². The van der Waals surface area contributed by atoms with Crippen LogP contribution in [0.2, 0.25) is 0 Å². The number of benzene rings is 1. The first-order chi connectivity index (χ1) is 9.31. The third-order valence-corrected chi connectivity index (χ3v) is 4.00. The quantitative estimate of drug-likeness (QED) is 0.923. The molecule has 1 aliphatic heterocycles. The van der Waals surface area contributed by atoms with Gasteiger partial charge in [-0.25, -0.2) is 8.78 Å². The molecule has 0 bridgehead atoms. The maximum Gasteiger partial charge on any atom is 0.134 e. The van der Waals surface area contributed by atoms with Gasteiger partial charge < -0.3 is 9.84 Å². The summed E-state index contributed by atoms with van der Waals surface area (Å²) in [4.78, 5) is 1.97. The van der Waals surface area contributed by atoms with Crippen LogP contribution in [0.25, 0.3) is 0 Å². The monoisotopic (exact) mass is 285 g/mol. The molecule has 0 radical (unpaired) electrons. The Morgan fingerprint density at radius 3 is 2.40 bits per heavy atom. The van der Waals surface area contributed by atoms with Gasteiger partial charge in [-0.2, -0.15) is 0 Å². The highest BCUT2D eigenvalue weighted by atomic mass is 19.1. The van der Waals surface area contributed by atoms with Gasteiger partial charge in [-0.15, -0.1) is 0 Å². The predicted octanol–water partition coefficient (Wildman–Crippen LogP) is 2.57. The minimum atomic E-state index is -0.758. The van der Waals surface area contributed by atoms with Crippen LogP contribution in [0, 0.1) is 17.6 Å². The maximum absolute atomic E-state index is 13.9. The zero-order valence-corrected chi connectivity index (χ0v) is 12.1. The Labute approximate surface area is 118 Å². The second-order valence-corrected chi connectivity index (χ2v) is 5.94. The third kappa shape index (κ3) is 3.27. The van der Waals surface area contributed by atoms with Crippen molar-refractivity contribution >= 4 is 0 Å². The zero-order valence-electron chi connectivity index (χ0n) is 12.1. The van der Waals surface area contributed by atoms with Gasteiger partial charge in [-0.05, 0) is 26.8 Å². The summed E-state index contributed by atoms with van der Waals surface area (Å²) in [5.41, 5.74) is -0.701. The van der Waals surface area contributed by atoms with Gasteiger partial charge in [-0.1, -0.05) is 0 Å². The molecule has 1 N–H and O–H groups in total. The first kappa shape index (κ1) is 15.2. The van der Waals surface area contributed by atoms with Gasteiger partial charge in [-0.3, -0.25) is 4.90 Å². The van der Waals surface area contributed by atoms with Gasteiger partial charge in [0.15, 0.2) is 0 Å². The Morgan fingerprint density at radius 2 is 1.95 bits per heavy atom. The number of aliphatic hydroxyl groups is 1. The summed E-state index contributed by atoms with van der Waals surface area (Å²) in [6, 6.07) is 2.39. The highest BCUT2D eigenvalue weighted by Crippen LogP contribution is 2.29. The molecule has 0 saturated carbocycles. The van der Waals surface area contributed by atoms with Crippen LogP contribution in [-0.4, -0.2) is 35.8 Å². The number of likely N-dealkylation sites (tertiary alicyclic amines) is 1. The molecule has 1 fully saturated rings. The molecule has 1 aliphatic rings. The van der Waals surface area contributed by atoms with Gasteiger partial charge in [0.2, 0.25) is 0 Å². The van der Waals surface area contributed by atoms with E-state index in [0.29, 0.717) is 6.54 Å². The van der Waals surface area contributed by atoms with Crippen molar-refractivity contribution in [2.75, 3.05) is 20.2 Å². The molecular weight excluding hydrogens is 264 g/mol. The molecule has 2 rings (SSSR count). The van der Waals surface area contributed by atoms with E-state index < -0.39 is 17.2 Å². The number of rotatable bonds is 4. The van der Waals surface area contributed by atoms with E-state index in [0.717, 1.165) is 13.0 Å². The lowest BCUT2D eigenvalue weighted by atomic mass is 9.90. The number of hydrogen-bond donors (Lipinski definition) is 1. The van der Waals surface area contributed by atoms with Crippen molar-refractivity contribution in [3.8, 4) is 5.75 Å². The van der Waals surface area contributed by atoms with E-state index in [1.807, 2.05) is 4.90 Å². The number of hydrogen-bond acceptors (Lipinski definition) is 3. The van der Waals surface area contributed by atoms with E-state index in [1.165, 1.54) is 19.2 Å². The summed E-state index contributed by atoms with van der Waals surface area (Å²) in [5, 5.41) is 9.99. The third-order valence-electron chi connectivity index (χ3n) is 4.00. The van der Waals surface area contributed by atoms with Crippen molar-refractivity contribution in [1.82, 2.24) is 4.90 Å². The zero-order chi connectivity index (χ0) is 14.9. The second kappa shape index (κ2) is 5.66. The van der Waals surface area contributed by atoms with Gasteiger partial charge in [0.05, 0.1) is 12.7 Å².